The molecule has 0 N–H and O–H groups in total. The number of nitrogens with zero attached hydrogens (tertiary/aromatic N) is 3. The molecule has 0 aromatic heterocycles. The Morgan fingerprint density at radius 3 is 2.58 bits per heavy atom. The summed E-state index contributed by atoms with van der Waals surface area (Å²) in [7, 11) is 1.72. The lowest BCUT2D eigenvalue weighted by Gasteiger charge is -2.28. The number of allylic oxidation sites excluding steroid dienone is 8. The number of aliphatic imine (C=N–C) groups is 1. The summed E-state index contributed by atoms with van der Waals surface area (Å²) < 4.78 is 18.4. The largest absolute Gasteiger partial charge is 0.491 e. The molecule has 1 atom stereocenters. The predicted octanol–water partition coefficient (Wildman–Crippen LogP) is 5.78. The van der Waals surface area contributed by atoms with Crippen LogP contribution in [0.15, 0.2) is 78.4 Å². The monoisotopic (exact) mass is 475 g/mol. The number of amides is 1. The number of hydrogen-bond donors (Lipinski definition) is 1. The molecule has 1 aliphatic rings. The smallest absolute Gasteiger partial charge is 0.410 e. The minimum absolute atomic E-state index is 0.0371. The van der Waals surface area contributed by atoms with E-state index in [1.807, 2.05) is 45.9 Å². The molecular weight excluding hydrogens is 438 g/mol. The van der Waals surface area contributed by atoms with E-state index in [1.54, 1.807) is 36.3 Å². The second kappa shape index (κ2) is 14.3. The van der Waals surface area contributed by atoms with Gasteiger partial charge in [0.05, 0.1) is 12.3 Å². The first-order valence-corrected chi connectivity index (χ1v) is 11.2. The Morgan fingerprint density at radius 2 is 1.97 bits per heavy atom. The molecule has 8 heteroatoms. The van der Waals surface area contributed by atoms with E-state index in [4.69, 9.17) is 14.2 Å². The molecule has 0 bridgehead atoms. The molecule has 1 rings (SSSR count). The Bertz CT molecular complexity index is 820. The van der Waals surface area contributed by atoms with Crippen LogP contribution in [0.1, 0.15) is 40.5 Å². The van der Waals surface area contributed by atoms with Crippen LogP contribution in [0.5, 0.6) is 0 Å². The van der Waals surface area contributed by atoms with Gasteiger partial charge >= 0.3 is 12.1 Å². The van der Waals surface area contributed by atoms with E-state index in [0.717, 1.165) is 18.5 Å². The third-order valence-electron chi connectivity index (χ3n) is 4.29. The van der Waals surface area contributed by atoms with Gasteiger partial charge in [0.15, 0.2) is 0 Å². The fraction of sp³-hybridized carbons (Fsp3) is 0.440. The maximum atomic E-state index is 12.4. The van der Waals surface area contributed by atoms with Gasteiger partial charge in [-0.3, -0.25) is 4.31 Å². The van der Waals surface area contributed by atoms with Crippen LogP contribution in [-0.4, -0.2) is 53.2 Å². The molecule has 0 saturated carbocycles. The van der Waals surface area contributed by atoms with Gasteiger partial charge in [0.1, 0.15) is 18.0 Å². The van der Waals surface area contributed by atoms with Crippen LogP contribution in [-0.2, 0) is 14.2 Å². The van der Waals surface area contributed by atoms with Crippen molar-refractivity contribution in [3.05, 3.63) is 73.4 Å². The van der Waals surface area contributed by atoms with E-state index >= 15 is 0 Å². The number of rotatable bonds is 9. The highest BCUT2D eigenvalue weighted by Gasteiger charge is 2.32. The first-order chi connectivity index (χ1) is 15.6. The van der Waals surface area contributed by atoms with Crippen molar-refractivity contribution in [2.45, 2.75) is 52.2 Å². The van der Waals surface area contributed by atoms with Crippen molar-refractivity contribution in [2.75, 3.05) is 20.2 Å². The molecule has 0 spiro atoms. The molecule has 1 unspecified atom stereocenters. The number of carbonyl (C=O) groups excluding carboxylic acids is 1. The molecule has 1 saturated heterocycles. The van der Waals surface area contributed by atoms with Crippen LogP contribution in [0, 0.1) is 0 Å². The highest BCUT2D eigenvalue weighted by molar-refractivity contribution is 7.78. The number of hydrogen-bond acceptors (Lipinski definition) is 6. The van der Waals surface area contributed by atoms with Gasteiger partial charge in [-0.25, -0.2) is 9.79 Å². The SMILES string of the molecule is C=C/C=C\C=C(/C)N=C(O/C=C/C=C(\C=C)OCC1CCCN1C(=O)OC(C)(C)C)N(C)S. The maximum Gasteiger partial charge on any atom is 0.410 e. The van der Waals surface area contributed by atoms with Crippen LogP contribution < -0.4 is 0 Å². The van der Waals surface area contributed by atoms with Crippen molar-refractivity contribution < 1.29 is 19.0 Å². The minimum Gasteiger partial charge on any atom is -0.491 e. The zero-order chi connectivity index (χ0) is 24.9. The van der Waals surface area contributed by atoms with E-state index in [2.05, 4.69) is 31.0 Å². The number of amidine groups is 1. The number of thiol groups is 1. The van der Waals surface area contributed by atoms with Crippen molar-refractivity contribution in [3.63, 3.8) is 0 Å². The number of likely N-dealkylation sites (tertiary alicyclic amines) is 1. The summed E-state index contributed by atoms with van der Waals surface area (Å²) in [4.78, 5) is 18.5. The summed E-state index contributed by atoms with van der Waals surface area (Å²) in [5.74, 6) is 0.564. The van der Waals surface area contributed by atoms with Crippen LogP contribution in [0.3, 0.4) is 0 Å². The predicted molar refractivity (Wildman–Crippen MR) is 138 cm³/mol. The summed E-state index contributed by atoms with van der Waals surface area (Å²) in [6.07, 6.45) is 15.1. The maximum absolute atomic E-state index is 12.4. The van der Waals surface area contributed by atoms with Gasteiger partial charge in [-0.05, 0) is 64.8 Å². The van der Waals surface area contributed by atoms with Gasteiger partial charge in [-0.1, -0.05) is 44.2 Å². The van der Waals surface area contributed by atoms with Crippen LogP contribution in [0.25, 0.3) is 0 Å². The molecule has 182 valence electrons. The van der Waals surface area contributed by atoms with Crippen molar-refractivity contribution in [3.8, 4) is 0 Å². The van der Waals surface area contributed by atoms with E-state index in [9.17, 15) is 4.79 Å². The van der Waals surface area contributed by atoms with Gasteiger partial charge < -0.3 is 19.1 Å². The molecule has 1 heterocycles. The molecule has 33 heavy (non-hydrogen) atoms. The normalized spacial score (nSPS) is 18.1. The summed E-state index contributed by atoms with van der Waals surface area (Å²) in [6, 6.07) is 0.272. The first kappa shape index (κ1) is 28.2. The Hall–Kier alpha value is -2.87. The number of ether oxygens (including phenoxy) is 3. The van der Waals surface area contributed by atoms with Crippen molar-refractivity contribution in [2.24, 2.45) is 4.99 Å². The number of carbonyl (C=O) groups is 1. The average molecular weight is 476 g/mol. The lowest BCUT2D eigenvalue weighted by Crippen LogP contribution is -2.41. The van der Waals surface area contributed by atoms with Gasteiger partial charge in [-0.15, -0.1) is 0 Å². The third kappa shape index (κ3) is 11.5. The van der Waals surface area contributed by atoms with Crippen LogP contribution in [0.4, 0.5) is 4.79 Å². The van der Waals surface area contributed by atoms with Gasteiger partial charge in [0, 0.05) is 19.3 Å². The highest BCUT2D eigenvalue weighted by Crippen LogP contribution is 2.21. The second-order valence-corrected chi connectivity index (χ2v) is 8.95. The van der Waals surface area contributed by atoms with Crippen molar-refractivity contribution in [1.82, 2.24) is 9.21 Å². The molecular formula is C25H37N3O4S. The minimum atomic E-state index is -0.526. The topological polar surface area (TPSA) is 63.6 Å². The summed E-state index contributed by atoms with van der Waals surface area (Å²) >= 11 is 4.26. The molecule has 0 aromatic carbocycles. The van der Waals surface area contributed by atoms with E-state index in [1.165, 1.54) is 10.6 Å². The van der Waals surface area contributed by atoms with Gasteiger partial charge in [0.2, 0.25) is 0 Å². The zero-order valence-electron chi connectivity index (χ0n) is 20.4. The fourth-order valence-corrected chi connectivity index (χ4v) is 2.90. The van der Waals surface area contributed by atoms with Crippen LogP contribution >= 0.6 is 12.8 Å². The van der Waals surface area contributed by atoms with E-state index in [0.29, 0.717) is 24.9 Å². The quantitative estimate of drug-likeness (QED) is 0.151. The van der Waals surface area contributed by atoms with Crippen molar-refractivity contribution >= 4 is 24.9 Å². The van der Waals surface area contributed by atoms with Crippen LogP contribution in [0.2, 0.25) is 0 Å². The molecule has 7 nitrogen and oxygen atoms in total. The first-order valence-electron chi connectivity index (χ1n) is 10.8. The van der Waals surface area contributed by atoms with E-state index < -0.39 is 5.60 Å². The molecule has 1 aliphatic heterocycles. The van der Waals surface area contributed by atoms with E-state index in [-0.39, 0.29) is 12.1 Å². The molecule has 1 fully saturated rings. The summed E-state index contributed by atoms with van der Waals surface area (Å²) in [6.45, 7) is 15.9. The Balaban J connectivity index is 2.69. The van der Waals surface area contributed by atoms with Gasteiger partial charge in [-0.2, -0.15) is 0 Å². The lowest BCUT2D eigenvalue weighted by atomic mass is 10.2. The van der Waals surface area contributed by atoms with Crippen molar-refractivity contribution in [1.29, 1.82) is 0 Å². The zero-order valence-corrected chi connectivity index (χ0v) is 21.3. The second-order valence-electron chi connectivity index (χ2n) is 8.35. The standard InChI is InChI=1S/C25H37N3O4S/c1-8-10-11-14-20(3)26-23(27(7)33)30-18-13-16-22(9-2)31-19-21-15-12-17-28(21)24(29)32-25(4,5)6/h8-11,13-14,16,18,21,33H,1-2,12,15,17,19H2,3-7H3/b11-10-,18-13+,20-14+,22-16+,26-23?. The average Bonchev–Trinajstić information content (AvgIpc) is 3.20. The highest BCUT2D eigenvalue weighted by atomic mass is 32.1. The summed E-state index contributed by atoms with van der Waals surface area (Å²) in [5, 5.41) is 0. The third-order valence-corrected chi connectivity index (χ3v) is 4.47. The molecule has 0 radical (unpaired) electrons. The molecule has 0 aromatic rings. The Labute approximate surface area is 204 Å². The Morgan fingerprint density at radius 1 is 1.24 bits per heavy atom. The Kier molecular flexibility index (Phi) is 12.2. The molecule has 1 amide bonds. The van der Waals surface area contributed by atoms with Gasteiger partial charge in [0.25, 0.3) is 0 Å². The summed E-state index contributed by atoms with van der Waals surface area (Å²) in [5.41, 5.74) is 0.219. The lowest BCUT2D eigenvalue weighted by molar-refractivity contribution is 0.0160. The molecule has 0 aliphatic carbocycles. The fourth-order valence-electron chi connectivity index (χ4n) is 2.81.